The van der Waals surface area contributed by atoms with Crippen LogP contribution in [0, 0.1) is 11.3 Å². The summed E-state index contributed by atoms with van der Waals surface area (Å²) in [6, 6.07) is 9.71. The summed E-state index contributed by atoms with van der Waals surface area (Å²) in [4.78, 5) is 33.3. The summed E-state index contributed by atoms with van der Waals surface area (Å²) in [7, 11) is -1.46. The molecule has 0 spiro atoms. The van der Waals surface area contributed by atoms with Gasteiger partial charge >= 0.3 is 6.09 Å². The first-order valence-electron chi connectivity index (χ1n) is 8.86. The summed E-state index contributed by atoms with van der Waals surface area (Å²) in [5, 5.41) is 12.5. The second kappa shape index (κ2) is 8.04. The van der Waals surface area contributed by atoms with Crippen molar-refractivity contribution in [1.29, 1.82) is 5.26 Å². The molecule has 0 saturated heterocycles. The number of hydrogen-bond acceptors (Lipinski definition) is 7. The number of amides is 1. The van der Waals surface area contributed by atoms with Crippen LogP contribution in [-0.4, -0.2) is 36.7 Å². The van der Waals surface area contributed by atoms with Crippen LogP contribution >= 0.6 is 0 Å². The van der Waals surface area contributed by atoms with E-state index in [4.69, 9.17) is 4.74 Å². The van der Waals surface area contributed by atoms with E-state index in [1.165, 1.54) is 23.1 Å². The highest BCUT2D eigenvalue weighted by atomic mass is 32.2. The molecular weight excluding hydrogens is 406 g/mol. The second-order valence-corrected chi connectivity index (χ2v) is 8.65. The van der Waals surface area contributed by atoms with Crippen molar-refractivity contribution in [1.82, 2.24) is 14.5 Å². The molecule has 154 valence electrons. The monoisotopic (exact) mass is 425 g/mol. The van der Waals surface area contributed by atoms with Crippen molar-refractivity contribution in [3.05, 3.63) is 52.4 Å². The first-order chi connectivity index (χ1) is 14.1. The number of aromatic nitrogens is 3. The Morgan fingerprint density at radius 1 is 1.30 bits per heavy atom. The van der Waals surface area contributed by atoms with Gasteiger partial charge in [-0.3, -0.25) is 18.9 Å². The Morgan fingerprint density at radius 2 is 2.03 bits per heavy atom. The highest BCUT2D eigenvalue weighted by Crippen LogP contribution is 2.20. The molecule has 1 aromatic carbocycles. The van der Waals surface area contributed by atoms with Crippen LogP contribution in [0.3, 0.4) is 0 Å². The second-order valence-electron chi connectivity index (χ2n) is 7.37. The van der Waals surface area contributed by atoms with E-state index in [2.05, 4.69) is 15.3 Å². The van der Waals surface area contributed by atoms with Crippen molar-refractivity contribution in [2.75, 3.05) is 11.6 Å². The number of nitrogens with one attached hydrogen (secondary N) is 1. The molecule has 1 N–H and O–H groups in total. The van der Waals surface area contributed by atoms with Crippen LogP contribution in [0.4, 0.5) is 10.5 Å². The minimum atomic E-state index is -1.46. The molecule has 0 radical (unpaired) electrons. The van der Waals surface area contributed by atoms with Crippen LogP contribution < -0.4 is 10.9 Å². The van der Waals surface area contributed by atoms with Gasteiger partial charge in [-0.05, 0) is 45.0 Å². The number of ether oxygens (including phenoxy) is 1. The highest BCUT2D eigenvalue weighted by Gasteiger charge is 2.18. The van der Waals surface area contributed by atoms with Crippen LogP contribution in [0.1, 0.15) is 26.3 Å². The van der Waals surface area contributed by atoms with Gasteiger partial charge in [0, 0.05) is 23.5 Å². The van der Waals surface area contributed by atoms with Gasteiger partial charge in [0.05, 0.1) is 16.5 Å². The number of rotatable bonds is 3. The van der Waals surface area contributed by atoms with Gasteiger partial charge in [0.25, 0.3) is 5.56 Å². The van der Waals surface area contributed by atoms with Gasteiger partial charge in [-0.1, -0.05) is 6.07 Å². The number of carbonyl (C=O) groups excluding carboxylic acids is 1. The van der Waals surface area contributed by atoms with Crippen molar-refractivity contribution in [2.45, 2.75) is 31.5 Å². The van der Waals surface area contributed by atoms with E-state index in [1.807, 2.05) is 6.07 Å². The van der Waals surface area contributed by atoms with Crippen LogP contribution in [0.25, 0.3) is 16.7 Å². The quantitative estimate of drug-likeness (QED) is 0.639. The Hall–Kier alpha value is -3.58. The minimum Gasteiger partial charge on any atom is -0.444 e. The zero-order valence-corrected chi connectivity index (χ0v) is 17.6. The number of benzene rings is 1. The molecule has 0 saturated carbocycles. The highest BCUT2D eigenvalue weighted by molar-refractivity contribution is 7.84. The summed E-state index contributed by atoms with van der Waals surface area (Å²) in [5.41, 5.74) is -0.403. The van der Waals surface area contributed by atoms with Gasteiger partial charge < -0.3 is 4.74 Å². The topological polar surface area (TPSA) is 127 Å². The SMILES string of the molecule is CS(=O)c1ncc2cc(C#N)c(=O)n(-c3cccc(NC(=O)OC(C)(C)C)c3)c2n1. The van der Waals surface area contributed by atoms with Crippen molar-refractivity contribution in [3.8, 4) is 11.8 Å². The molecule has 1 amide bonds. The summed E-state index contributed by atoms with van der Waals surface area (Å²) >= 11 is 0. The Bertz CT molecular complexity index is 1270. The standard InChI is InChI=1S/C20H19N5O4S/c1-20(2,3)29-19(27)23-14-6-5-7-15(9-14)25-16-13(8-12(10-21)17(25)26)11-22-18(24-16)30(4)28/h5-9,11H,1-4H3,(H,23,27). The van der Waals surface area contributed by atoms with Gasteiger partial charge in [-0.25, -0.2) is 14.8 Å². The molecule has 2 heterocycles. The maximum atomic E-state index is 12.9. The predicted molar refractivity (Wildman–Crippen MR) is 112 cm³/mol. The molecule has 3 rings (SSSR count). The summed E-state index contributed by atoms with van der Waals surface area (Å²) in [5.74, 6) is 0. The predicted octanol–water partition coefficient (Wildman–Crippen LogP) is 2.74. The summed E-state index contributed by atoms with van der Waals surface area (Å²) < 4.78 is 18.3. The van der Waals surface area contributed by atoms with E-state index in [0.717, 1.165) is 0 Å². The zero-order chi connectivity index (χ0) is 22.1. The van der Waals surface area contributed by atoms with Gasteiger partial charge in [0.1, 0.15) is 17.2 Å². The normalized spacial score (nSPS) is 12.2. The van der Waals surface area contributed by atoms with Crippen molar-refractivity contribution < 1.29 is 13.7 Å². The Morgan fingerprint density at radius 3 is 2.67 bits per heavy atom. The molecule has 3 aromatic rings. The third-order valence-corrected chi connectivity index (χ3v) is 4.56. The van der Waals surface area contributed by atoms with Gasteiger partial charge in [0.15, 0.2) is 5.65 Å². The zero-order valence-electron chi connectivity index (χ0n) is 16.8. The first-order valence-corrected chi connectivity index (χ1v) is 10.4. The maximum absolute atomic E-state index is 12.9. The molecule has 9 nitrogen and oxygen atoms in total. The van der Waals surface area contributed by atoms with Gasteiger partial charge in [-0.2, -0.15) is 5.26 Å². The number of carbonyl (C=O) groups is 1. The van der Waals surface area contributed by atoms with E-state index in [-0.39, 0.29) is 16.4 Å². The van der Waals surface area contributed by atoms with E-state index in [9.17, 15) is 19.1 Å². The Labute approximate surface area is 174 Å². The lowest BCUT2D eigenvalue weighted by Crippen LogP contribution is -2.27. The van der Waals surface area contributed by atoms with E-state index in [0.29, 0.717) is 16.8 Å². The molecule has 10 heteroatoms. The fourth-order valence-electron chi connectivity index (χ4n) is 2.68. The maximum Gasteiger partial charge on any atom is 0.412 e. The van der Waals surface area contributed by atoms with Crippen LogP contribution in [0.2, 0.25) is 0 Å². The lowest BCUT2D eigenvalue weighted by atomic mass is 10.2. The molecule has 0 fully saturated rings. The molecule has 0 bridgehead atoms. The first kappa shape index (κ1) is 21.1. The number of anilines is 1. The lowest BCUT2D eigenvalue weighted by Gasteiger charge is -2.20. The summed E-state index contributed by atoms with van der Waals surface area (Å²) in [6.07, 6.45) is 2.20. The third-order valence-electron chi connectivity index (χ3n) is 3.85. The Balaban J connectivity index is 2.16. The number of hydrogen-bond donors (Lipinski definition) is 1. The van der Waals surface area contributed by atoms with Crippen LogP contribution in [0.5, 0.6) is 0 Å². The van der Waals surface area contributed by atoms with Crippen molar-refractivity contribution >= 4 is 33.6 Å². The minimum absolute atomic E-state index is 0.0587. The molecule has 1 atom stereocenters. The van der Waals surface area contributed by atoms with Gasteiger partial charge in [0.2, 0.25) is 5.16 Å². The molecular formula is C20H19N5O4S. The van der Waals surface area contributed by atoms with Crippen LogP contribution in [0.15, 0.2) is 46.5 Å². The van der Waals surface area contributed by atoms with Crippen LogP contribution in [-0.2, 0) is 15.5 Å². The molecule has 2 aromatic heterocycles. The van der Waals surface area contributed by atoms with E-state index in [1.54, 1.807) is 45.0 Å². The van der Waals surface area contributed by atoms with E-state index >= 15 is 0 Å². The number of nitriles is 1. The number of nitrogens with zero attached hydrogens (tertiary/aromatic N) is 4. The van der Waals surface area contributed by atoms with Gasteiger partial charge in [-0.15, -0.1) is 0 Å². The smallest absolute Gasteiger partial charge is 0.412 e. The van der Waals surface area contributed by atoms with Crippen molar-refractivity contribution in [3.63, 3.8) is 0 Å². The molecule has 0 aliphatic heterocycles. The Kier molecular flexibility index (Phi) is 5.67. The molecule has 0 aliphatic rings. The number of fused-ring (bicyclic) bond motifs is 1. The fraction of sp³-hybridized carbons (Fsp3) is 0.250. The molecule has 30 heavy (non-hydrogen) atoms. The third kappa shape index (κ3) is 4.52. The van der Waals surface area contributed by atoms with Crippen molar-refractivity contribution in [2.24, 2.45) is 0 Å². The average Bonchev–Trinajstić information content (AvgIpc) is 2.65. The van der Waals surface area contributed by atoms with E-state index < -0.39 is 28.1 Å². The molecule has 0 aliphatic carbocycles. The number of pyridine rings is 1. The lowest BCUT2D eigenvalue weighted by molar-refractivity contribution is 0.0636. The average molecular weight is 425 g/mol. The summed E-state index contributed by atoms with van der Waals surface area (Å²) in [6.45, 7) is 5.24. The largest absolute Gasteiger partial charge is 0.444 e. The fourth-order valence-corrected chi connectivity index (χ4v) is 3.10. The molecule has 1 unspecified atom stereocenters.